The predicted molar refractivity (Wildman–Crippen MR) is 102 cm³/mol. The first-order valence-corrected chi connectivity index (χ1v) is 11.6. The van der Waals surface area contributed by atoms with Crippen LogP contribution in [0.1, 0.15) is 12.8 Å². The molecule has 27 heavy (non-hydrogen) atoms. The van der Waals surface area contributed by atoms with Crippen LogP contribution in [0.25, 0.3) is 0 Å². The monoisotopic (exact) mass is 452 g/mol. The summed E-state index contributed by atoms with van der Waals surface area (Å²) in [6, 6.07) is 6.66. The van der Waals surface area contributed by atoms with Crippen LogP contribution in [0.5, 0.6) is 0 Å². The van der Waals surface area contributed by atoms with E-state index in [1.54, 1.807) is 0 Å². The third-order valence-electron chi connectivity index (χ3n) is 4.05. The number of sulfonamides is 2. The molecule has 0 amide bonds. The lowest BCUT2D eigenvalue weighted by molar-refractivity contribution is 0.477. The van der Waals surface area contributed by atoms with Crippen molar-refractivity contribution in [1.82, 2.24) is 4.31 Å². The van der Waals surface area contributed by atoms with Crippen LogP contribution in [0.2, 0.25) is 10.0 Å². The lowest BCUT2D eigenvalue weighted by Crippen LogP contribution is -2.28. The molecule has 146 valence electrons. The van der Waals surface area contributed by atoms with E-state index in [2.05, 4.69) is 4.72 Å². The summed E-state index contributed by atoms with van der Waals surface area (Å²) in [6.45, 7) is 0.777. The predicted octanol–water partition coefficient (Wildman–Crippen LogP) is 3.72. The standard InChI is InChI=1S/C16H15Cl2FN2O4S2/c17-13-5-4-12(10-16(13)27(24,25)21-7-1-2-8-21)20-26(22,23)15-6-3-11(19)9-14(15)18/h3-6,9-10,20H,1-2,7-8H2. The minimum Gasteiger partial charge on any atom is -0.280 e. The van der Waals surface area contributed by atoms with E-state index in [4.69, 9.17) is 23.2 Å². The Hall–Kier alpha value is -1.39. The second kappa shape index (κ2) is 7.56. The topological polar surface area (TPSA) is 83.5 Å². The molecule has 0 atom stereocenters. The number of halogens is 3. The Bertz CT molecular complexity index is 1090. The summed E-state index contributed by atoms with van der Waals surface area (Å²) in [5, 5.41) is -0.300. The van der Waals surface area contributed by atoms with E-state index in [1.165, 1.54) is 16.4 Å². The first-order chi connectivity index (χ1) is 12.6. The number of hydrogen-bond acceptors (Lipinski definition) is 4. The molecule has 0 aromatic heterocycles. The number of rotatable bonds is 5. The summed E-state index contributed by atoms with van der Waals surface area (Å²) < 4.78 is 67.2. The van der Waals surface area contributed by atoms with Crippen LogP contribution in [0.4, 0.5) is 10.1 Å². The Morgan fingerprint density at radius 3 is 2.19 bits per heavy atom. The lowest BCUT2D eigenvalue weighted by Gasteiger charge is -2.17. The van der Waals surface area contributed by atoms with E-state index in [0.29, 0.717) is 13.1 Å². The fraction of sp³-hybridized carbons (Fsp3) is 0.250. The van der Waals surface area contributed by atoms with Gasteiger partial charge >= 0.3 is 0 Å². The highest BCUT2D eigenvalue weighted by molar-refractivity contribution is 7.93. The number of nitrogens with one attached hydrogen (secondary N) is 1. The summed E-state index contributed by atoms with van der Waals surface area (Å²) in [6.07, 6.45) is 1.51. The molecular weight excluding hydrogens is 438 g/mol. The van der Waals surface area contributed by atoms with E-state index >= 15 is 0 Å². The zero-order valence-electron chi connectivity index (χ0n) is 13.8. The largest absolute Gasteiger partial charge is 0.280 e. The second-order valence-electron chi connectivity index (χ2n) is 5.94. The summed E-state index contributed by atoms with van der Waals surface area (Å²) in [5.74, 6) is -0.676. The van der Waals surface area contributed by atoms with E-state index in [0.717, 1.165) is 37.1 Å². The molecule has 0 spiro atoms. The van der Waals surface area contributed by atoms with Gasteiger partial charge < -0.3 is 0 Å². The molecule has 2 aromatic rings. The molecule has 3 rings (SSSR count). The Kier molecular flexibility index (Phi) is 5.69. The highest BCUT2D eigenvalue weighted by Crippen LogP contribution is 2.31. The highest BCUT2D eigenvalue weighted by atomic mass is 35.5. The maximum Gasteiger partial charge on any atom is 0.263 e. The first kappa shape index (κ1) is 20.3. The van der Waals surface area contributed by atoms with Gasteiger partial charge in [-0.15, -0.1) is 0 Å². The van der Waals surface area contributed by atoms with Crippen molar-refractivity contribution in [3.05, 3.63) is 52.3 Å². The van der Waals surface area contributed by atoms with E-state index in [-0.39, 0.29) is 25.5 Å². The van der Waals surface area contributed by atoms with E-state index in [9.17, 15) is 21.2 Å². The Balaban J connectivity index is 1.96. The van der Waals surface area contributed by atoms with E-state index in [1.807, 2.05) is 0 Å². The SMILES string of the molecule is O=S(=O)(Nc1ccc(Cl)c(S(=O)(=O)N2CCCC2)c1)c1ccc(F)cc1Cl. The fourth-order valence-corrected chi connectivity index (χ4v) is 6.33. The van der Waals surface area contributed by atoms with Crippen LogP contribution < -0.4 is 4.72 Å². The fourth-order valence-electron chi connectivity index (χ4n) is 2.74. The van der Waals surface area contributed by atoms with Gasteiger partial charge in [0.15, 0.2) is 0 Å². The number of benzene rings is 2. The van der Waals surface area contributed by atoms with Crippen LogP contribution in [0.3, 0.4) is 0 Å². The van der Waals surface area contributed by atoms with E-state index < -0.39 is 25.9 Å². The van der Waals surface area contributed by atoms with Crippen LogP contribution in [0, 0.1) is 5.82 Å². The van der Waals surface area contributed by atoms with Gasteiger partial charge in [-0.2, -0.15) is 4.31 Å². The van der Waals surface area contributed by atoms with Crippen molar-refractivity contribution in [1.29, 1.82) is 0 Å². The first-order valence-electron chi connectivity index (χ1n) is 7.89. The summed E-state index contributed by atoms with van der Waals surface area (Å²) in [5.41, 5.74) is -0.00226. The van der Waals surface area contributed by atoms with Crippen molar-refractivity contribution in [2.24, 2.45) is 0 Å². The van der Waals surface area contributed by atoms with Gasteiger partial charge in [0.05, 0.1) is 15.7 Å². The molecule has 0 bridgehead atoms. The molecule has 1 aliphatic heterocycles. The number of nitrogens with zero attached hydrogens (tertiary/aromatic N) is 1. The zero-order chi connectivity index (χ0) is 19.8. The molecule has 1 aliphatic rings. The quantitative estimate of drug-likeness (QED) is 0.748. The van der Waals surface area contributed by atoms with Crippen molar-refractivity contribution in [3.63, 3.8) is 0 Å². The van der Waals surface area contributed by atoms with Gasteiger partial charge in [0.25, 0.3) is 10.0 Å². The van der Waals surface area contributed by atoms with Gasteiger partial charge in [-0.3, -0.25) is 4.72 Å². The lowest BCUT2D eigenvalue weighted by atomic mass is 10.3. The molecular formula is C16H15Cl2FN2O4S2. The Morgan fingerprint density at radius 1 is 0.889 bits per heavy atom. The summed E-state index contributed by atoms with van der Waals surface area (Å²) in [7, 11) is -7.99. The molecule has 2 aromatic carbocycles. The van der Waals surface area contributed by atoms with Gasteiger partial charge in [0, 0.05) is 13.1 Å². The third-order valence-corrected chi connectivity index (χ3v) is 8.29. The summed E-state index contributed by atoms with van der Waals surface area (Å²) >= 11 is 11.9. The maximum absolute atomic E-state index is 13.2. The van der Waals surface area contributed by atoms with Crippen molar-refractivity contribution in [2.75, 3.05) is 17.8 Å². The minimum absolute atomic E-state index is 0.00226. The smallest absolute Gasteiger partial charge is 0.263 e. The average Bonchev–Trinajstić information content (AvgIpc) is 3.11. The van der Waals surface area contributed by atoms with Crippen LogP contribution in [-0.2, 0) is 20.0 Å². The van der Waals surface area contributed by atoms with Crippen molar-refractivity contribution >= 4 is 48.9 Å². The van der Waals surface area contributed by atoms with Crippen LogP contribution >= 0.6 is 23.2 Å². The summed E-state index contributed by atoms with van der Waals surface area (Å²) in [4.78, 5) is -0.513. The van der Waals surface area contributed by atoms with Crippen molar-refractivity contribution in [2.45, 2.75) is 22.6 Å². The van der Waals surface area contributed by atoms with Gasteiger partial charge in [0.1, 0.15) is 15.6 Å². The van der Waals surface area contributed by atoms with Gasteiger partial charge in [-0.05, 0) is 49.2 Å². The van der Waals surface area contributed by atoms with Crippen LogP contribution in [0.15, 0.2) is 46.2 Å². The van der Waals surface area contributed by atoms with Crippen molar-refractivity contribution in [3.8, 4) is 0 Å². The minimum atomic E-state index is -4.16. The molecule has 11 heteroatoms. The highest BCUT2D eigenvalue weighted by Gasteiger charge is 2.30. The molecule has 6 nitrogen and oxygen atoms in total. The molecule has 1 N–H and O–H groups in total. The third kappa shape index (κ3) is 4.22. The van der Waals surface area contributed by atoms with Crippen LogP contribution in [-0.4, -0.2) is 34.2 Å². The normalized spacial score (nSPS) is 15.8. The van der Waals surface area contributed by atoms with Gasteiger partial charge in [0.2, 0.25) is 10.0 Å². The molecule has 1 fully saturated rings. The number of anilines is 1. The average molecular weight is 453 g/mol. The molecule has 0 aliphatic carbocycles. The van der Waals surface area contributed by atoms with Crippen molar-refractivity contribution < 1.29 is 21.2 Å². The van der Waals surface area contributed by atoms with Gasteiger partial charge in [-0.25, -0.2) is 21.2 Å². The maximum atomic E-state index is 13.2. The molecule has 0 saturated carbocycles. The second-order valence-corrected chi connectivity index (χ2v) is 10.3. The number of hydrogen-bond donors (Lipinski definition) is 1. The molecule has 1 heterocycles. The Morgan fingerprint density at radius 2 is 1.56 bits per heavy atom. The zero-order valence-corrected chi connectivity index (χ0v) is 17.0. The molecule has 0 radical (unpaired) electrons. The Labute approximate surface area is 167 Å². The molecule has 1 saturated heterocycles. The van der Waals surface area contributed by atoms with Gasteiger partial charge in [-0.1, -0.05) is 23.2 Å². The molecule has 0 unspecified atom stereocenters.